The van der Waals surface area contributed by atoms with Crippen LogP contribution in [0.1, 0.15) is 15.2 Å². The minimum Gasteiger partial charge on any atom is -0.495 e. The number of thioether (sulfide) groups is 1. The highest BCUT2D eigenvalue weighted by Crippen LogP contribution is 2.32. The summed E-state index contributed by atoms with van der Waals surface area (Å²) in [5.41, 5.74) is 3.84. The monoisotopic (exact) mass is 525 g/mol. The maximum absolute atomic E-state index is 12.7. The van der Waals surface area contributed by atoms with E-state index in [2.05, 4.69) is 10.7 Å². The summed E-state index contributed by atoms with van der Waals surface area (Å²) in [6.07, 6.45) is 1.68. The van der Waals surface area contributed by atoms with Gasteiger partial charge < -0.3 is 14.8 Å². The van der Waals surface area contributed by atoms with Crippen molar-refractivity contribution >= 4 is 69.1 Å². The molecule has 0 saturated carbocycles. The van der Waals surface area contributed by atoms with Crippen LogP contribution in [0, 0.1) is 0 Å². The summed E-state index contributed by atoms with van der Waals surface area (Å²) in [6.45, 7) is -0.181. The molecule has 3 amide bonds. The molecule has 178 valence electrons. The lowest BCUT2D eigenvalue weighted by Crippen LogP contribution is -2.44. The third-order valence-electron chi connectivity index (χ3n) is 4.68. The number of hydrogen-bond acceptors (Lipinski definition) is 8. The second-order valence-electron chi connectivity index (χ2n) is 7.04. The average Bonchev–Trinajstić information content (AvgIpc) is 3.49. The average molecular weight is 526 g/mol. The van der Waals surface area contributed by atoms with Gasteiger partial charge in [-0.3, -0.25) is 19.8 Å². The van der Waals surface area contributed by atoms with E-state index in [0.29, 0.717) is 27.0 Å². The molecule has 1 saturated heterocycles. The molecule has 3 aromatic rings. The first kappa shape index (κ1) is 24.5. The van der Waals surface area contributed by atoms with Crippen LogP contribution in [0.4, 0.5) is 5.69 Å². The molecule has 0 radical (unpaired) electrons. The van der Waals surface area contributed by atoms with Crippen molar-refractivity contribution in [3.8, 4) is 11.5 Å². The van der Waals surface area contributed by atoms with Gasteiger partial charge in [-0.25, -0.2) is 0 Å². The van der Waals surface area contributed by atoms with Crippen LogP contribution >= 0.6 is 35.3 Å². The molecular formula is C24H19N3O5S3. The molecule has 35 heavy (non-hydrogen) atoms. The summed E-state index contributed by atoms with van der Waals surface area (Å²) >= 11 is 7.62. The topological polar surface area (TPSA) is 97.0 Å². The maximum Gasteiger partial charge on any atom is 0.285 e. The number of para-hydroxylation sites is 2. The Labute approximate surface area is 214 Å². The van der Waals surface area contributed by atoms with Crippen LogP contribution < -0.4 is 20.2 Å². The standard InChI is InChI=1S/C24H19N3O5S3/c1-31-18-6-3-2-5-17(18)25-21(28)14-32-16-10-8-15(9-11-16)13-20-23(30)27(24(33)35-20)26-22(29)19-7-4-12-34-19/h2-13H,14H2,1H3,(H,25,28)(H,26,29)/b20-13+. The van der Waals surface area contributed by atoms with E-state index in [-0.39, 0.29) is 16.8 Å². The van der Waals surface area contributed by atoms with Gasteiger partial charge in [0.25, 0.3) is 17.7 Å². The zero-order valence-electron chi connectivity index (χ0n) is 18.3. The molecular weight excluding hydrogens is 506 g/mol. The van der Waals surface area contributed by atoms with Gasteiger partial charge in [0.1, 0.15) is 11.5 Å². The number of thiophene rings is 1. The highest BCUT2D eigenvalue weighted by atomic mass is 32.2. The van der Waals surface area contributed by atoms with Gasteiger partial charge in [0, 0.05) is 0 Å². The zero-order valence-corrected chi connectivity index (χ0v) is 20.8. The van der Waals surface area contributed by atoms with Crippen LogP contribution in [-0.4, -0.2) is 40.8 Å². The van der Waals surface area contributed by atoms with Crippen LogP contribution in [-0.2, 0) is 9.59 Å². The number of anilines is 1. The second kappa shape index (κ2) is 11.2. The fourth-order valence-electron chi connectivity index (χ4n) is 3.02. The number of nitrogens with one attached hydrogen (secondary N) is 2. The van der Waals surface area contributed by atoms with E-state index < -0.39 is 11.8 Å². The molecule has 0 spiro atoms. The van der Waals surface area contributed by atoms with Crippen LogP contribution in [0.25, 0.3) is 6.08 Å². The van der Waals surface area contributed by atoms with Crippen LogP contribution in [0.5, 0.6) is 11.5 Å². The molecule has 0 bridgehead atoms. The van der Waals surface area contributed by atoms with Gasteiger partial charge in [-0.2, -0.15) is 5.01 Å². The van der Waals surface area contributed by atoms with Crippen molar-refractivity contribution in [3.05, 3.63) is 81.4 Å². The third kappa shape index (κ3) is 6.07. The normalized spacial score (nSPS) is 14.2. The summed E-state index contributed by atoms with van der Waals surface area (Å²) < 4.78 is 11.0. The Hall–Kier alpha value is -3.67. The van der Waals surface area contributed by atoms with Crippen molar-refractivity contribution in [2.24, 2.45) is 0 Å². The number of thiocarbonyl (C=S) groups is 1. The molecule has 2 heterocycles. The Morgan fingerprint density at radius 2 is 1.86 bits per heavy atom. The van der Waals surface area contributed by atoms with E-state index in [1.165, 1.54) is 18.4 Å². The Balaban J connectivity index is 1.33. The minimum absolute atomic E-state index is 0.181. The third-order valence-corrected chi connectivity index (χ3v) is 6.85. The number of benzene rings is 2. The van der Waals surface area contributed by atoms with Gasteiger partial charge in [-0.1, -0.05) is 42.1 Å². The van der Waals surface area contributed by atoms with E-state index in [1.807, 2.05) is 6.07 Å². The van der Waals surface area contributed by atoms with Crippen molar-refractivity contribution in [2.45, 2.75) is 0 Å². The van der Waals surface area contributed by atoms with Crippen molar-refractivity contribution in [3.63, 3.8) is 0 Å². The first-order valence-corrected chi connectivity index (χ1v) is 12.3. The largest absolute Gasteiger partial charge is 0.495 e. The Morgan fingerprint density at radius 1 is 1.09 bits per heavy atom. The van der Waals surface area contributed by atoms with Gasteiger partial charge in [0.2, 0.25) is 0 Å². The number of hydrogen-bond donors (Lipinski definition) is 2. The first-order valence-electron chi connectivity index (χ1n) is 10.2. The van der Waals surface area contributed by atoms with Crippen molar-refractivity contribution < 1.29 is 23.9 Å². The molecule has 0 aliphatic carbocycles. The predicted molar refractivity (Wildman–Crippen MR) is 140 cm³/mol. The van der Waals surface area contributed by atoms with Crippen molar-refractivity contribution in [2.75, 3.05) is 19.0 Å². The lowest BCUT2D eigenvalue weighted by atomic mass is 10.2. The number of nitrogens with zero attached hydrogens (tertiary/aromatic N) is 1. The first-order chi connectivity index (χ1) is 16.9. The zero-order chi connectivity index (χ0) is 24.8. The highest BCUT2D eigenvalue weighted by Gasteiger charge is 2.33. The predicted octanol–water partition coefficient (Wildman–Crippen LogP) is 4.32. The number of methoxy groups -OCH3 is 1. The lowest BCUT2D eigenvalue weighted by molar-refractivity contribution is -0.123. The molecule has 8 nitrogen and oxygen atoms in total. The van der Waals surface area contributed by atoms with E-state index in [0.717, 1.165) is 22.3 Å². The Morgan fingerprint density at radius 3 is 2.57 bits per heavy atom. The van der Waals surface area contributed by atoms with Crippen molar-refractivity contribution in [1.29, 1.82) is 0 Å². The van der Waals surface area contributed by atoms with Crippen LogP contribution in [0.15, 0.2) is 70.9 Å². The highest BCUT2D eigenvalue weighted by molar-refractivity contribution is 8.26. The number of ether oxygens (including phenoxy) is 2. The molecule has 1 fully saturated rings. The number of hydrazine groups is 1. The molecule has 1 aliphatic heterocycles. The molecule has 1 aromatic heterocycles. The van der Waals surface area contributed by atoms with Gasteiger partial charge in [0.15, 0.2) is 10.9 Å². The molecule has 0 atom stereocenters. The van der Waals surface area contributed by atoms with Gasteiger partial charge in [-0.05, 0) is 59.6 Å². The van der Waals surface area contributed by atoms with Crippen LogP contribution in [0.3, 0.4) is 0 Å². The molecule has 2 aromatic carbocycles. The maximum atomic E-state index is 12.7. The van der Waals surface area contributed by atoms with Crippen molar-refractivity contribution in [1.82, 2.24) is 10.4 Å². The smallest absolute Gasteiger partial charge is 0.285 e. The Bertz CT molecular complexity index is 1290. The van der Waals surface area contributed by atoms with E-state index in [4.69, 9.17) is 21.7 Å². The fourth-order valence-corrected chi connectivity index (χ4v) is 4.82. The molecule has 2 N–H and O–H groups in total. The number of rotatable bonds is 8. The Kier molecular flexibility index (Phi) is 7.80. The number of carbonyl (C=O) groups is 3. The SMILES string of the molecule is COc1ccccc1NC(=O)COc1ccc(/C=C2/SC(=S)N(NC(=O)c3cccs3)C2=O)cc1. The van der Waals surface area contributed by atoms with Gasteiger partial charge in [0.05, 0.1) is 22.6 Å². The second-order valence-corrected chi connectivity index (χ2v) is 9.66. The molecule has 1 aliphatic rings. The summed E-state index contributed by atoms with van der Waals surface area (Å²) in [4.78, 5) is 38.1. The summed E-state index contributed by atoms with van der Waals surface area (Å²) in [5, 5.41) is 5.59. The van der Waals surface area contributed by atoms with E-state index in [9.17, 15) is 14.4 Å². The molecule has 0 unspecified atom stereocenters. The number of carbonyl (C=O) groups excluding carboxylic acids is 3. The van der Waals surface area contributed by atoms with E-state index >= 15 is 0 Å². The van der Waals surface area contributed by atoms with E-state index in [1.54, 1.807) is 66.1 Å². The summed E-state index contributed by atoms with van der Waals surface area (Å²) in [7, 11) is 1.53. The number of amides is 3. The molecule has 4 rings (SSSR count). The minimum atomic E-state index is -0.404. The molecule has 11 heteroatoms. The van der Waals surface area contributed by atoms with Gasteiger partial charge in [-0.15, -0.1) is 11.3 Å². The van der Waals surface area contributed by atoms with Gasteiger partial charge >= 0.3 is 0 Å². The quantitative estimate of drug-likeness (QED) is 0.334. The fraction of sp³-hybridized carbons (Fsp3) is 0.0833. The summed E-state index contributed by atoms with van der Waals surface area (Å²) in [5.74, 6) is -0.0753. The lowest BCUT2D eigenvalue weighted by Gasteiger charge is -2.14. The van der Waals surface area contributed by atoms with Crippen LogP contribution in [0.2, 0.25) is 0 Å². The summed E-state index contributed by atoms with van der Waals surface area (Å²) in [6, 6.07) is 17.4.